The number of unbranched alkanes of at least 4 members (excludes halogenated alkanes) is 1. The first-order valence-corrected chi connectivity index (χ1v) is 9.83. The summed E-state index contributed by atoms with van der Waals surface area (Å²) >= 11 is 0. The van der Waals surface area contributed by atoms with E-state index in [4.69, 9.17) is 5.73 Å². The van der Waals surface area contributed by atoms with Gasteiger partial charge in [0.1, 0.15) is 11.9 Å². The van der Waals surface area contributed by atoms with Gasteiger partial charge in [0.2, 0.25) is 18.2 Å². The molecule has 1 atom stereocenters. The summed E-state index contributed by atoms with van der Waals surface area (Å²) in [6.45, 7) is 9.51. The van der Waals surface area contributed by atoms with Crippen molar-refractivity contribution in [2.24, 2.45) is 10.7 Å². The first-order valence-electron chi connectivity index (χ1n) is 9.83. The summed E-state index contributed by atoms with van der Waals surface area (Å²) in [5, 5.41) is 10.9. The second-order valence-electron chi connectivity index (χ2n) is 6.46. The van der Waals surface area contributed by atoms with Crippen molar-refractivity contribution in [2.75, 3.05) is 17.2 Å². The molecule has 1 rings (SSSR count). The van der Waals surface area contributed by atoms with Gasteiger partial charge in [0.05, 0.1) is 11.9 Å². The largest absolute Gasteiger partial charge is 0.341 e. The number of hydrogen-bond acceptors (Lipinski definition) is 6. The van der Waals surface area contributed by atoms with E-state index in [1.807, 2.05) is 0 Å². The van der Waals surface area contributed by atoms with Crippen LogP contribution in [0.5, 0.6) is 0 Å². The van der Waals surface area contributed by atoms with Crippen LogP contribution >= 0.6 is 0 Å². The number of nitrogens with one attached hydrogen (secondary N) is 4. The zero-order valence-corrected chi connectivity index (χ0v) is 17.7. The van der Waals surface area contributed by atoms with Gasteiger partial charge in [0.25, 0.3) is 0 Å². The Labute approximate surface area is 182 Å². The highest BCUT2D eigenvalue weighted by Crippen LogP contribution is 2.17. The predicted molar refractivity (Wildman–Crippen MR) is 124 cm³/mol. The molecule has 0 saturated heterocycles. The Kier molecular flexibility index (Phi) is 11.7. The molecule has 3 amide bonds. The second kappa shape index (κ2) is 14.3. The standard InChI is InChI=1S/C22H30N6O3/c1-4-17(25-15-29)14-24-16(3)26-18-9-8-10-19(13-18)27-22(31)20(11-6-7-12-23)28-21(30)5-2/h4-5,8-10,13-15,20,26H,2-3,6-7,11-12,23H2,1H3,(H,25,29)(H,27,31)(H,28,30)/b17-4+,24-14-. The van der Waals surface area contributed by atoms with E-state index in [1.165, 1.54) is 6.21 Å². The predicted octanol–water partition coefficient (Wildman–Crippen LogP) is 2.03. The van der Waals surface area contributed by atoms with Crippen LogP contribution in [0.15, 0.2) is 66.1 Å². The van der Waals surface area contributed by atoms with Crippen LogP contribution < -0.4 is 27.0 Å². The van der Waals surface area contributed by atoms with Gasteiger partial charge in [0.15, 0.2) is 0 Å². The summed E-state index contributed by atoms with van der Waals surface area (Å²) in [6, 6.07) is 6.29. The van der Waals surface area contributed by atoms with Crippen molar-refractivity contribution >= 4 is 35.8 Å². The van der Waals surface area contributed by atoms with E-state index < -0.39 is 11.9 Å². The third-order valence-electron chi connectivity index (χ3n) is 4.08. The molecular formula is C22H30N6O3. The van der Waals surface area contributed by atoms with E-state index in [-0.39, 0.29) is 5.91 Å². The SMILES string of the molecule is C=CC(=O)NC(CCCCN)C(=O)Nc1cccc(NC(=C)/N=C\C(=C/C)NC=O)c1. The number of allylic oxidation sites excluding steroid dienone is 2. The van der Waals surface area contributed by atoms with Gasteiger partial charge in [-0.2, -0.15) is 0 Å². The lowest BCUT2D eigenvalue weighted by Gasteiger charge is -2.18. The van der Waals surface area contributed by atoms with Crippen LogP contribution in [0.2, 0.25) is 0 Å². The molecule has 1 unspecified atom stereocenters. The molecule has 1 aromatic carbocycles. The highest BCUT2D eigenvalue weighted by molar-refractivity contribution is 5.99. The first kappa shape index (κ1) is 25.3. The van der Waals surface area contributed by atoms with Crippen molar-refractivity contribution in [2.45, 2.75) is 32.2 Å². The Morgan fingerprint density at radius 2 is 1.94 bits per heavy atom. The molecule has 166 valence electrons. The fourth-order valence-corrected chi connectivity index (χ4v) is 2.51. The molecular weight excluding hydrogens is 396 g/mol. The van der Waals surface area contributed by atoms with Crippen molar-refractivity contribution in [1.82, 2.24) is 10.6 Å². The summed E-state index contributed by atoms with van der Waals surface area (Å²) < 4.78 is 0. The van der Waals surface area contributed by atoms with Gasteiger partial charge in [-0.3, -0.25) is 14.4 Å². The van der Waals surface area contributed by atoms with Crippen LogP contribution in [-0.4, -0.2) is 37.0 Å². The molecule has 0 aromatic heterocycles. The Hall–Kier alpha value is -3.72. The Morgan fingerprint density at radius 1 is 1.23 bits per heavy atom. The minimum Gasteiger partial charge on any atom is -0.341 e. The molecule has 0 aliphatic carbocycles. The van der Waals surface area contributed by atoms with Crippen molar-refractivity contribution in [3.8, 4) is 0 Å². The fraction of sp³-hybridized carbons (Fsp3) is 0.273. The summed E-state index contributed by atoms with van der Waals surface area (Å²) in [7, 11) is 0. The van der Waals surface area contributed by atoms with Crippen LogP contribution in [0.25, 0.3) is 0 Å². The molecule has 0 radical (unpaired) electrons. The number of aliphatic imine (C=N–C) groups is 1. The average molecular weight is 427 g/mol. The molecule has 9 heteroatoms. The Morgan fingerprint density at radius 3 is 2.55 bits per heavy atom. The fourth-order valence-electron chi connectivity index (χ4n) is 2.51. The molecule has 0 bridgehead atoms. The van der Waals surface area contributed by atoms with Gasteiger partial charge < -0.3 is 27.0 Å². The third-order valence-corrected chi connectivity index (χ3v) is 4.08. The number of rotatable bonds is 14. The number of carbonyl (C=O) groups is 3. The smallest absolute Gasteiger partial charge is 0.246 e. The molecule has 1 aromatic rings. The van der Waals surface area contributed by atoms with E-state index in [0.717, 1.165) is 12.5 Å². The van der Waals surface area contributed by atoms with Crippen molar-refractivity contribution in [3.05, 3.63) is 61.1 Å². The number of carbonyl (C=O) groups excluding carboxylic acids is 3. The molecule has 31 heavy (non-hydrogen) atoms. The molecule has 6 N–H and O–H groups in total. The minimum absolute atomic E-state index is 0.334. The normalized spacial score (nSPS) is 12.0. The molecule has 9 nitrogen and oxygen atoms in total. The van der Waals surface area contributed by atoms with Gasteiger partial charge in [0, 0.05) is 11.4 Å². The van der Waals surface area contributed by atoms with Gasteiger partial charge in [-0.1, -0.05) is 25.3 Å². The van der Waals surface area contributed by atoms with Crippen LogP contribution in [-0.2, 0) is 14.4 Å². The molecule has 0 spiro atoms. The number of nitrogens with two attached hydrogens (primary N) is 1. The lowest BCUT2D eigenvalue weighted by Crippen LogP contribution is -2.43. The Balaban J connectivity index is 2.79. The highest BCUT2D eigenvalue weighted by Gasteiger charge is 2.19. The van der Waals surface area contributed by atoms with Crippen LogP contribution in [0.4, 0.5) is 11.4 Å². The highest BCUT2D eigenvalue weighted by atomic mass is 16.2. The average Bonchev–Trinajstić information content (AvgIpc) is 2.76. The zero-order valence-electron chi connectivity index (χ0n) is 17.7. The first-order chi connectivity index (χ1) is 14.9. The van der Waals surface area contributed by atoms with Crippen molar-refractivity contribution < 1.29 is 14.4 Å². The maximum Gasteiger partial charge on any atom is 0.246 e. The third kappa shape index (κ3) is 10.0. The number of benzene rings is 1. The molecule has 0 saturated carbocycles. The van der Waals surface area contributed by atoms with E-state index in [0.29, 0.717) is 48.7 Å². The molecule has 0 fully saturated rings. The van der Waals surface area contributed by atoms with E-state index in [9.17, 15) is 14.4 Å². The zero-order chi connectivity index (χ0) is 23.1. The van der Waals surface area contributed by atoms with Crippen molar-refractivity contribution in [3.63, 3.8) is 0 Å². The Bertz CT molecular complexity index is 847. The molecule has 0 aliphatic heterocycles. The number of anilines is 2. The quantitative estimate of drug-likeness (QED) is 0.134. The van der Waals surface area contributed by atoms with Gasteiger partial charge >= 0.3 is 0 Å². The number of nitrogens with zero attached hydrogens (tertiary/aromatic N) is 1. The monoisotopic (exact) mass is 426 g/mol. The van der Waals surface area contributed by atoms with Gasteiger partial charge in [-0.05, 0) is 57.0 Å². The van der Waals surface area contributed by atoms with Crippen LogP contribution in [0, 0.1) is 0 Å². The van der Waals surface area contributed by atoms with Gasteiger partial charge in [-0.15, -0.1) is 0 Å². The van der Waals surface area contributed by atoms with Crippen LogP contribution in [0.1, 0.15) is 26.2 Å². The topological polar surface area (TPSA) is 138 Å². The summed E-state index contributed by atoms with van der Waals surface area (Å²) in [4.78, 5) is 39.0. The van der Waals surface area contributed by atoms with Crippen LogP contribution in [0.3, 0.4) is 0 Å². The molecule has 0 heterocycles. The van der Waals surface area contributed by atoms with Crippen molar-refractivity contribution in [1.29, 1.82) is 0 Å². The lowest BCUT2D eigenvalue weighted by molar-refractivity contribution is -0.124. The summed E-state index contributed by atoms with van der Waals surface area (Å²) in [6.07, 6.45) is 6.77. The van der Waals surface area contributed by atoms with E-state index in [1.54, 1.807) is 37.3 Å². The maximum absolute atomic E-state index is 12.7. The summed E-state index contributed by atoms with van der Waals surface area (Å²) in [5.74, 6) is -0.408. The maximum atomic E-state index is 12.7. The molecule has 0 aliphatic rings. The number of amides is 3. The van der Waals surface area contributed by atoms with Gasteiger partial charge in [-0.25, -0.2) is 4.99 Å². The van der Waals surface area contributed by atoms with E-state index >= 15 is 0 Å². The van der Waals surface area contributed by atoms with E-state index in [2.05, 4.69) is 39.4 Å². The second-order valence-corrected chi connectivity index (χ2v) is 6.46. The summed E-state index contributed by atoms with van der Waals surface area (Å²) in [5.41, 5.74) is 7.23. The lowest BCUT2D eigenvalue weighted by atomic mass is 10.1. The number of hydrogen-bond donors (Lipinski definition) is 5. The minimum atomic E-state index is -0.696.